The number of nitrogens with one attached hydrogen (secondary N) is 2. The fourth-order valence-electron chi connectivity index (χ4n) is 4.83. The Kier molecular flexibility index (Phi) is 9.43. The molecular weight excluding hydrogens is 396 g/mol. The number of hydrogen-bond acceptors (Lipinski definition) is 5. The molecule has 1 aromatic rings. The van der Waals surface area contributed by atoms with E-state index in [-0.39, 0.29) is 18.1 Å². The van der Waals surface area contributed by atoms with Gasteiger partial charge >= 0.3 is 0 Å². The summed E-state index contributed by atoms with van der Waals surface area (Å²) in [6.45, 7) is 9.70. The standard InChI is InChI=1S/C23H40N4O2S/c1-3-24-22(26-18-23(11-13-28)9-5-4-6-10-23)25-16-20(21-8-7-15-30-21)27-12-14-29-19(2)17-27/h7-8,15,19-20,28H,3-6,9-14,16-18H2,1-2H3,(H2,24,25,26). The zero-order valence-corrected chi connectivity index (χ0v) is 19.6. The van der Waals surface area contributed by atoms with Crippen LogP contribution in [0.1, 0.15) is 63.3 Å². The van der Waals surface area contributed by atoms with Crippen molar-refractivity contribution in [2.45, 2.75) is 64.5 Å². The lowest BCUT2D eigenvalue weighted by molar-refractivity contribution is -0.0334. The summed E-state index contributed by atoms with van der Waals surface area (Å²) in [5, 5.41) is 18.8. The molecule has 2 atom stereocenters. The Balaban J connectivity index is 1.66. The molecule has 1 aliphatic heterocycles. The molecule has 0 bridgehead atoms. The van der Waals surface area contributed by atoms with E-state index in [0.717, 1.165) is 51.7 Å². The topological polar surface area (TPSA) is 69.1 Å². The smallest absolute Gasteiger partial charge is 0.191 e. The summed E-state index contributed by atoms with van der Waals surface area (Å²) in [4.78, 5) is 8.90. The molecular formula is C23H40N4O2S. The van der Waals surface area contributed by atoms with Crippen LogP contribution in [0.3, 0.4) is 0 Å². The number of ether oxygens (including phenoxy) is 1. The average Bonchev–Trinajstić information content (AvgIpc) is 3.28. The summed E-state index contributed by atoms with van der Waals surface area (Å²) >= 11 is 1.82. The van der Waals surface area contributed by atoms with Gasteiger partial charge in [0.05, 0.1) is 18.8 Å². The SMILES string of the molecule is CCNC(=NCC1(CCO)CCCCC1)NCC(c1cccs1)N1CCOC(C)C1. The first-order valence-corrected chi connectivity index (χ1v) is 12.6. The van der Waals surface area contributed by atoms with E-state index in [1.807, 2.05) is 11.3 Å². The zero-order valence-electron chi connectivity index (χ0n) is 18.7. The number of morpholine rings is 1. The zero-order chi connectivity index (χ0) is 21.2. The van der Waals surface area contributed by atoms with Crippen molar-refractivity contribution in [3.63, 3.8) is 0 Å². The quantitative estimate of drug-likeness (QED) is 0.409. The first kappa shape index (κ1) is 23.5. The van der Waals surface area contributed by atoms with Gasteiger partial charge < -0.3 is 20.5 Å². The van der Waals surface area contributed by atoms with Gasteiger partial charge in [0.25, 0.3) is 0 Å². The molecule has 2 aliphatic rings. The van der Waals surface area contributed by atoms with Crippen molar-refractivity contribution in [3.05, 3.63) is 22.4 Å². The molecule has 0 amide bonds. The fraction of sp³-hybridized carbons (Fsp3) is 0.783. The molecule has 1 saturated carbocycles. The van der Waals surface area contributed by atoms with Gasteiger partial charge in [0.2, 0.25) is 0 Å². The van der Waals surface area contributed by atoms with E-state index in [0.29, 0.717) is 6.04 Å². The molecule has 1 aliphatic carbocycles. The average molecular weight is 437 g/mol. The van der Waals surface area contributed by atoms with E-state index in [1.165, 1.54) is 37.0 Å². The Hall–Kier alpha value is -1.15. The maximum absolute atomic E-state index is 9.61. The van der Waals surface area contributed by atoms with E-state index in [4.69, 9.17) is 9.73 Å². The molecule has 3 rings (SSSR count). The van der Waals surface area contributed by atoms with Gasteiger partial charge in [-0.2, -0.15) is 0 Å². The fourth-order valence-corrected chi connectivity index (χ4v) is 5.69. The van der Waals surface area contributed by atoms with Gasteiger partial charge in [0, 0.05) is 44.2 Å². The van der Waals surface area contributed by atoms with E-state index in [1.54, 1.807) is 0 Å². The van der Waals surface area contributed by atoms with Crippen LogP contribution in [0.2, 0.25) is 0 Å². The van der Waals surface area contributed by atoms with Gasteiger partial charge in [0.1, 0.15) is 0 Å². The van der Waals surface area contributed by atoms with Gasteiger partial charge in [-0.3, -0.25) is 9.89 Å². The molecule has 1 aromatic heterocycles. The summed E-state index contributed by atoms with van der Waals surface area (Å²) in [5.74, 6) is 0.892. The van der Waals surface area contributed by atoms with Crippen LogP contribution in [0.15, 0.2) is 22.5 Å². The van der Waals surface area contributed by atoms with Crippen molar-refractivity contribution in [1.29, 1.82) is 0 Å². The Labute approximate surface area is 186 Å². The van der Waals surface area contributed by atoms with Crippen molar-refractivity contribution in [1.82, 2.24) is 15.5 Å². The van der Waals surface area contributed by atoms with Crippen LogP contribution in [-0.4, -0.2) is 68.0 Å². The van der Waals surface area contributed by atoms with Crippen LogP contribution in [0.4, 0.5) is 0 Å². The number of aliphatic hydroxyl groups excluding tert-OH is 1. The van der Waals surface area contributed by atoms with Gasteiger partial charge in [0.15, 0.2) is 5.96 Å². The summed E-state index contributed by atoms with van der Waals surface area (Å²) in [7, 11) is 0. The lowest BCUT2D eigenvalue weighted by Crippen LogP contribution is -2.48. The number of guanidine groups is 1. The monoisotopic (exact) mass is 436 g/mol. The maximum Gasteiger partial charge on any atom is 0.191 e. The van der Waals surface area contributed by atoms with Crippen LogP contribution in [-0.2, 0) is 4.74 Å². The second-order valence-electron chi connectivity index (χ2n) is 8.82. The lowest BCUT2D eigenvalue weighted by Gasteiger charge is -2.37. The Morgan fingerprint density at radius 3 is 2.87 bits per heavy atom. The predicted molar refractivity (Wildman–Crippen MR) is 125 cm³/mol. The second kappa shape index (κ2) is 12.0. The van der Waals surface area contributed by atoms with Crippen LogP contribution in [0, 0.1) is 5.41 Å². The van der Waals surface area contributed by atoms with Crippen molar-refractivity contribution in [2.75, 3.05) is 45.9 Å². The maximum atomic E-state index is 9.61. The van der Waals surface area contributed by atoms with Gasteiger partial charge in [-0.1, -0.05) is 25.3 Å². The minimum atomic E-state index is 0.169. The molecule has 170 valence electrons. The second-order valence-corrected chi connectivity index (χ2v) is 9.80. The third kappa shape index (κ3) is 6.67. The van der Waals surface area contributed by atoms with Gasteiger partial charge in [-0.25, -0.2) is 0 Å². The molecule has 30 heavy (non-hydrogen) atoms. The number of rotatable bonds is 9. The minimum absolute atomic E-state index is 0.169. The number of aliphatic hydroxyl groups is 1. The highest BCUT2D eigenvalue weighted by atomic mass is 32.1. The Morgan fingerprint density at radius 1 is 1.37 bits per heavy atom. The van der Waals surface area contributed by atoms with Crippen molar-refractivity contribution in [2.24, 2.45) is 10.4 Å². The van der Waals surface area contributed by atoms with Crippen LogP contribution < -0.4 is 10.6 Å². The van der Waals surface area contributed by atoms with E-state index < -0.39 is 0 Å². The lowest BCUT2D eigenvalue weighted by atomic mass is 9.72. The Morgan fingerprint density at radius 2 is 2.20 bits per heavy atom. The molecule has 2 unspecified atom stereocenters. The summed E-state index contributed by atoms with van der Waals surface area (Å²) in [5.41, 5.74) is 0.169. The largest absolute Gasteiger partial charge is 0.396 e. The van der Waals surface area contributed by atoms with E-state index >= 15 is 0 Å². The number of thiophene rings is 1. The van der Waals surface area contributed by atoms with Crippen LogP contribution in [0.5, 0.6) is 0 Å². The van der Waals surface area contributed by atoms with Crippen molar-refractivity contribution >= 4 is 17.3 Å². The third-order valence-electron chi connectivity index (χ3n) is 6.52. The van der Waals surface area contributed by atoms with Crippen LogP contribution >= 0.6 is 11.3 Å². The highest BCUT2D eigenvalue weighted by Gasteiger charge is 2.31. The highest BCUT2D eigenvalue weighted by Crippen LogP contribution is 2.39. The first-order valence-electron chi connectivity index (χ1n) is 11.7. The number of hydrogen-bond donors (Lipinski definition) is 3. The third-order valence-corrected chi connectivity index (χ3v) is 7.49. The summed E-state index contributed by atoms with van der Waals surface area (Å²) < 4.78 is 5.76. The predicted octanol–water partition coefficient (Wildman–Crippen LogP) is 3.40. The first-order chi connectivity index (χ1) is 14.7. The molecule has 2 heterocycles. The molecule has 0 aromatic carbocycles. The molecule has 3 N–H and O–H groups in total. The summed E-state index contributed by atoms with van der Waals surface area (Å²) in [6, 6.07) is 4.69. The normalized spacial score (nSPS) is 23.8. The van der Waals surface area contributed by atoms with Crippen molar-refractivity contribution in [3.8, 4) is 0 Å². The highest BCUT2D eigenvalue weighted by molar-refractivity contribution is 7.10. The van der Waals surface area contributed by atoms with E-state index in [2.05, 4.69) is 46.9 Å². The summed E-state index contributed by atoms with van der Waals surface area (Å²) in [6.07, 6.45) is 7.33. The molecule has 2 fully saturated rings. The number of nitrogens with zero attached hydrogens (tertiary/aromatic N) is 2. The van der Waals surface area contributed by atoms with Gasteiger partial charge in [-0.05, 0) is 50.0 Å². The van der Waals surface area contributed by atoms with Crippen molar-refractivity contribution < 1.29 is 9.84 Å². The molecule has 1 saturated heterocycles. The van der Waals surface area contributed by atoms with Crippen LogP contribution in [0.25, 0.3) is 0 Å². The van der Waals surface area contributed by atoms with E-state index in [9.17, 15) is 5.11 Å². The molecule has 7 heteroatoms. The minimum Gasteiger partial charge on any atom is -0.396 e. The molecule has 6 nitrogen and oxygen atoms in total. The number of aliphatic imine (C=N–C) groups is 1. The molecule has 0 spiro atoms. The van der Waals surface area contributed by atoms with Gasteiger partial charge in [-0.15, -0.1) is 11.3 Å². The Bertz CT molecular complexity index is 626. The molecule has 0 radical (unpaired) electrons.